The van der Waals surface area contributed by atoms with Crippen LogP contribution in [0.25, 0.3) is 0 Å². The molecule has 9 rings (SSSR count). The van der Waals surface area contributed by atoms with Crippen molar-refractivity contribution in [3.63, 3.8) is 0 Å². The van der Waals surface area contributed by atoms with Gasteiger partial charge in [-0.05, 0) is 104 Å². The molecular formula is C65H86F6NO13P. The number of hydrogen-bond donors (Lipinski definition) is 1. The minimum atomic E-state index is -10.7. The third kappa shape index (κ3) is 21.0. The van der Waals surface area contributed by atoms with E-state index in [1.165, 1.54) is 22.3 Å². The molecule has 14 nitrogen and oxygen atoms in total. The molecule has 1 heterocycles. The van der Waals surface area contributed by atoms with Gasteiger partial charge in [0.25, 0.3) is 0 Å². The van der Waals surface area contributed by atoms with Crippen molar-refractivity contribution in [1.29, 1.82) is 0 Å². The second-order valence-corrected chi connectivity index (χ2v) is 25.7. The number of carbonyl (C=O) groups is 4. The van der Waals surface area contributed by atoms with Gasteiger partial charge < -0.3 is 47.9 Å². The smallest absolute Gasteiger partial charge is 0.161 e. The molecule has 4 aromatic rings. The van der Waals surface area contributed by atoms with Crippen molar-refractivity contribution in [2.24, 2.45) is 46.3 Å². The molecule has 4 fully saturated rings. The van der Waals surface area contributed by atoms with Crippen LogP contribution in [-0.4, -0.2) is 103 Å². The summed E-state index contributed by atoms with van der Waals surface area (Å²) in [5.74, 6) is 3.89. The summed E-state index contributed by atoms with van der Waals surface area (Å²) in [6.07, 6.45) is 5.66. The molecule has 0 radical (unpaired) electrons. The summed E-state index contributed by atoms with van der Waals surface area (Å²) in [7, 11) is -10.7. The summed E-state index contributed by atoms with van der Waals surface area (Å²) in [5, 5.41) is 2.30. The van der Waals surface area contributed by atoms with Gasteiger partial charge in [0.1, 0.15) is 63.5 Å². The van der Waals surface area contributed by atoms with Crippen LogP contribution in [0.15, 0.2) is 91.0 Å². The Morgan fingerprint density at radius 1 is 0.605 bits per heavy atom. The minimum Gasteiger partial charge on any atom is -0.487 e. The molecule has 5 aliphatic rings. The normalized spacial score (nSPS) is 26.4. The third-order valence-corrected chi connectivity index (χ3v) is 17.6. The molecule has 1 aliphatic heterocycles. The number of para-hydroxylation sites is 4. The van der Waals surface area contributed by atoms with Gasteiger partial charge in [-0.3, -0.25) is 19.2 Å². The summed E-state index contributed by atoms with van der Waals surface area (Å²) in [6.45, 7) is 18.4. The number of benzene rings is 4. The van der Waals surface area contributed by atoms with Crippen molar-refractivity contribution < 1.29 is 92.3 Å². The summed E-state index contributed by atoms with van der Waals surface area (Å²) in [4.78, 5) is 52.8. The van der Waals surface area contributed by atoms with Gasteiger partial charge in [0.15, 0.2) is 23.0 Å². The summed E-state index contributed by atoms with van der Waals surface area (Å²) < 4.78 is 110. The van der Waals surface area contributed by atoms with E-state index in [1.54, 1.807) is 0 Å². The fourth-order valence-electron chi connectivity index (χ4n) is 13.4. The van der Waals surface area contributed by atoms with Crippen molar-refractivity contribution in [1.82, 2.24) is 0 Å². The molecule has 2 N–H and O–H groups in total. The molecular weight excluding hydrogens is 1150 g/mol. The number of nitrogens with two attached hydrogens (primary N) is 1. The summed E-state index contributed by atoms with van der Waals surface area (Å²) in [6, 6.07) is 30.1. The first-order valence-electron chi connectivity index (χ1n) is 30.0. The van der Waals surface area contributed by atoms with Gasteiger partial charge in [-0.25, -0.2) is 0 Å². The Bertz CT molecular complexity index is 2720. The van der Waals surface area contributed by atoms with Gasteiger partial charge in [-0.15, -0.1) is 0 Å². The van der Waals surface area contributed by atoms with Crippen molar-refractivity contribution in [2.45, 2.75) is 112 Å². The van der Waals surface area contributed by atoms with Crippen LogP contribution in [0.2, 0.25) is 0 Å². The van der Waals surface area contributed by atoms with E-state index in [4.69, 9.17) is 42.6 Å². The van der Waals surface area contributed by atoms with Crippen LogP contribution in [0.1, 0.15) is 106 Å². The maximum Gasteiger partial charge on any atom is 0.161 e. The second kappa shape index (κ2) is 30.0. The molecule has 4 aliphatic carbocycles. The molecule has 0 bridgehead atoms. The fourth-order valence-corrected chi connectivity index (χ4v) is 13.4. The number of fused-ring (bicyclic) bond motifs is 7. The van der Waals surface area contributed by atoms with Crippen LogP contribution in [0, 0.1) is 60.2 Å². The molecule has 4 aromatic carbocycles. The average molecular weight is 1230 g/mol. The van der Waals surface area contributed by atoms with Crippen LogP contribution in [0.5, 0.6) is 23.0 Å². The van der Waals surface area contributed by atoms with Crippen molar-refractivity contribution in [3.05, 3.63) is 119 Å². The molecule has 0 unspecified atom stereocenters. The van der Waals surface area contributed by atoms with Gasteiger partial charge in [0.05, 0.1) is 52.9 Å². The Labute approximate surface area is 501 Å². The SMILES string of the molecule is Cc1cc(C)cc(C[NH2+]Cc2ccc(COC(=O)CC[C@@H](C)[C@H]3CC[C@H]4[C@@H]5C(=O)C[C@H]6CC(=O)CC[C@]6(C)[C@H]5CC(=O)[C@]34C)cc2)c1.F[P-](F)(F)(F)(F)F.c1ccc2c(c1)OCCOCCOCCOc1ccccc1OCCOCCOCCO2. The predicted octanol–water partition coefficient (Wildman–Crippen LogP) is 13.0. The molecule has 0 saturated heterocycles. The summed E-state index contributed by atoms with van der Waals surface area (Å²) in [5.41, 5.74) is 5.53. The minimum absolute atomic E-state index is 0.0617. The first-order valence-corrected chi connectivity index (χ1v) is 32.1. The van der Waals surface area contributed by atoms with Crippen molar-refractivity contribution in [2.75, 3.05) is 79.3 Å². The number of Topliss-reactive ketones (excluding diaryl/α,β-unsaturated/α-hetero) is 3. The van der Waals surface area contributed by atoms with Gasteiger partial charge in [-0.1, -0.05) is 98.6 Å². The van der Waals surface area contributed by atoms with Gasteiger partial charge in [0.2, 0.25) is 0 Å². The van der Waals surface area contributed by atoms with E-state index < -0.39 is 13.2 Å². The number of esters is 1. The Morgan fingerprint density at radius 3 is 1.55 bits per heavy atom. The maximum atomic E-state index is 14.1. The predicted molar refractivity (Wildman–Crippen MR) is 313 cm³/mol. The molecule has 4 saturated carbocycles. The van der Waals surface area contributed by atoms with Crippen LogP contribution in [-0.2, 0) is 62.6 Å². The number of rotatable bonds is 10. The average Bonchev–Trinajstić information content (AvgIpc) is 1.38. The monoisotopic (exact) mass is 1230 g/mol. The molecule has 0 spiro atoms. The number of aryl methyl sites for hydroxylation is 2. The number of hydrogen-bond acceptors (Lipinski definition) is 13. The molecule has 8 atom stereocenters. The number of halogens is 6. The maximum absolute atomic E-state index is 14.1. The van der Waals surface area contributed by atoms with E-state index in [9.17, 15) is 44.4 Å². The van der Waals surface area contributed by atoms with Gasteiger partial charge in [0, 0.05) is 54.6 Å². The Kier molecular flexibility index (Phi) is 23.7. The van der Waals surface area contributed by atoms with E-state index in [1.807, 2.05) is 60.7 Å². The van der Waals surface area contributed by atoms with E-state index in [0.29, 0.717) is 147 Å². The number of quaternary nitrogens is 1. The largest absolute Gasteiger partial charge is 0.487 e. The molecule has 86 heavy (non-hydrogen) atoms. The van der Waals surface area contributed by atoms with Crippen LogP contribution in [0.4, 0.5) is 25.2 Å². The third-order valence-electron chi connectivity index (χ3n) is 17.6. The molecule has 476 valence electrons. The van der Waals surface area contributed by atoms with Crippen LogP contribution < -0.4 is 24.3 Å². The van der Waals surface area contributed by atoms with E-state index >= 15 is 0 Å². The van der Waals surface area contributed by atoms with Crippen molar-refractivity contribution in [3.8, 4) is 23.0 Å². The van der Waals surface area contributed by atoms with Gasteiger partial charge in [-0.2, -0.15) is 0 Å². The van der Waals surface area contributed by atoms with E-state index in [2.05, 4.69) is 70.3 Å². The number of ether oxygens (including phenoxy) is 9. The molecule has 21 heteroatoms. The zero-order valence-electron chi connectivity index (χ0n) is 50.2. The van der Waals surface area contributed by atoms with Crippen LogP contribution >= 0.6 is 7.81 Å². The number of ketones is 3. The van der Waals surface area contributed by atoms with Crippen molar-refractivity contribution >= 4 is 31.1 Å². The number of carbonyl (C=O) groups excluding carboxylic acids is 4. The van der Waals surface area contributed by atoms with Crippen LogP contribution in [0.3, 0.4) is 0 Å². The second-order valence-electron chi connectivity index (χ2n) is 23.8. The molecule has 0 aromatic heterocycles. The van der Waals surface area contributed by atoms with E-state index in [-0.39, 0.29) is 65.1 Å². The van der Waals surface area contributed by atoms with E-state index in [0.717, 1.165) is 37.9 Å². The zero-order chi connectivity index (χ0) is 62.0. The zero-order valence-corrected chi connectivity index (χ0v) is 51.1. The Balaban J connectivity index is 0.000000234. The van der Waals surface area contributed by atoms with Gasteiger partial charge >= 0.3 is 39.0 Å². The quantitative estimate of drug-likeness (QED) is 0.0906. The fraction of sp³-hybridized carbons (Fsp3) is 0.569. The summed E-state index contributed by atoms with van der Waals surface area (Å²) >= 11 is 0. The first-order chi connectivity index (χ1) is 40.8. The Hall–Kier alpha value is -5.63. The standard InChI is InChI=1S/C41H53NO5.C24H32O8.F6P/c1-25-16-26(2)18-30(17-25)23-42-22-28-7-9-29(10-8-28)24-47-38(46)13-6-27(3)33-11-12-34-39-35(21-37(45)41(33,34)5)40(4)15-14-32(43)19-31(40)20-36(39)44;1-2-6-22-21(5-1)29-17-13-25-9-10-27-15-19-31-23-7-3-4-8-24(23)32-20-16-28-12-11-26-14-18-30-22;1-7(2,3,4,5)6/h7-10,16-18,27,31,33-35,39,42H,6,11-15,19-24H2,1-5H3;1-8H,9-20H2;/q;;-1/p+1/t27-,31-,33-,34+,35+,39+,40+,41-;;/m1../s1. The first kappa shape index (κ1) is 67.9. The Morgan fingerprint density at radius 2 is 1.06 bits per heavy atom. The topological polar surface area (TPSA) is 168 Å². The molecule has 0 amide bonds.